The van der Waals surface area contributed by atoms with E-state index in [9.17, 15) is 9.59 Å². The summed E-state index contributed by atoms with van der Waals surface area (Å²) >= 11 is 1.41. The lowest BCUT2D eigenvalue weighted by Gasteiger charge is -2.13. The van der Waals surface area contributed by atoms with E-state index < -0.39 is 12.0 Å². The van der Waals surface area contributed by atoms with Crippen LogP contribution in [0.15, 0.2) is 6.07 Å². The van der Waals surface area contributed by atoms with E-state index in [0.717, 1.165) is 23.3 Å². The summed E-state index contributed by atoms with van der Waals surface area (Å²) in [6, 6.07) is 1.18. The molecule has 0 radical (unpaired) electrons. The molecule has 1 fully saturated rings. The molecular formula is C13H17NO3S. The molecule has 1 unspecified atom stereocenters. The van der Waals surface area contributed by atoms with Gasteiger partial charge in [-0.25, -0.2) is 4.79 Å². The highest BCUT2D eigenvalue weighted by Crippen LogP contribution is 2.33. The maximum atomic E-state index is 12.0. The number of carboxylic acids is 1. The summed E-state index contributed by atoms with van der Waals surface area (Å²) < 4.78 is 0. The van der Waals surface area contributed by atoms with E-state index in [-0.39, 0.29) is 5.91 Å². The number of aryl methyl sites for hydroxylation is 2. The fraction of sp³-hybridized carbons (Fsp3) is 0.538. The van der Waals surface area contributed by atoms with Crippen LogP contribution in [0.25, 0.3) is 0 Å². The van der Waals surface area contributed by atoms with Gasteiger partial charge in [-0.1, -0.05) is 12.8 Å². The Morgan fingerprint density at radius 2 is 2.17 bits per heavy atom. The Balaban J connectivity index is 2.03. The standard InChI is InChI=1S/C13H17NO3S/c1-7-5-8(2)18-11(7)12(15)14-10(13(16)17)6-9-3-4-9/h5,9-10H,3-4,6H2,1-2H3,(H,14,15)(H,16,17). The van der Waals surface area contributed by atoms with Crippen molar-refractivity contribution in [2.24, 2.45) is 5.92 Å². The van der Waals surface area contributed by atoms with Gasteiger partial charge in [-0.05, 0) is 37.8 Å². The van der Waals surface area contributed by atoms with Crippen LogP contribution in [0.1, 0.15) is 39.4 Å². The zero-order valence-electron chi connectivity index (χ0n) is 10.5. The Morgan fingerprint density at radius 3 is 2.61 bits per heavy atom. The molecule has 0 aromatic carbocycles. The van der Waals surface area contributed by atoms with Crippen LogP contribution in [-0.2, 0) is 4.79 Å². The minimum absolute atomic E-state index is 0.265. The zero-order valence-corrected chi connectivity index (χ0v) is 11.3. The summed E-state index contributed by atoms with van der Waals surface area (Å²) in [6.07, 6.45) is 2.71. The Morgan fingerprint density at radius 1 is 1.50 bits per heavy atom. The maximum absolute atomic E-state index is 12.0. The SMILES string of the molecule is Cc1cc(C)c(C(=O)NC(CC2CC2)C(=O)O)s1. The van der Waals surface area contributed by atoms with Crippen LogP contribution < -0.4 is 5.32 Å². The van der Waals surface area contributed by atoms with Crippen molar-refractivity contribution in [3.63, 3.8) is 0 Å². The molecule has 0 aliphatic heterocycles. The van der Waals surface area contributed by atoms with E-state index in [1.54, 1.807) is 0 Å². The number of nitrogens with one attached hydrogen (secondary N) is 1. The van der Waals surface area contributed by atoms with Gasteiger partial charge in [0.25, 0.3) is 5.91 Å². The molecule has 18 heavy (non-hydrogen) atoms. The molecule has 0 spiro atoms. The van der Waals surface area contributed by atoms with Crippen molar-refractivity contribution >= 4 is 23.2 Å². The molecule has 98 valence electrons. The number of carbonyl (C=O) groups excluding carboxylic acids is 1. The third-order valence-corrected chi connectivity index (χ3v) is 4.27. The van der Waals surface area contributed by atoms with E-state index in [0.29, 0.717) is 17.2 Å². The molecule has 0 saturated heterocycles. The van der Waals surface area contributed by atoms with Crippen LogP contribution in [0, 0.1) is 19.8 Å². The van der Waals surface area contributed by atoms with Gasteiger partial charge >= 0.3 is 5.97 Å². The lowest BCUT2D eigenvalue weighted by atomic mass is 10.1. The summed E-state index contributed by atoms with van der Waals surface area (Å²) in [5.74, 6) is -0.739. The minimum Gasteiger partial charge on any atom is -0.480 e. The molecule has 1 aliphatic rings. The average Bonchev–Trinajstić information content (AvgIpc) is 3.02. The molecular weight excluding hydrogens is 250 g/mol. The largest absolute Gasteiger partial charge is 0.480 e. The molecule has 1 aliphatic carbocycles. The monoisotopic (exact) mass is 267 g/mol. The zero-order chi connectivity index (χ0) is 13.3. The number of hydrogen-bond acceptors (Lipinski definition) is 3. The van der Waals surface area contributed by atoms with E-state index in [1.165, 1.54) is 11.3 Å². The summed E-state index contributed by atoms with van der Waals surface area (Å²) in [6.45, 7) is 3.81. The Hall–Kier alpha value is -1.36. The predicted octanol–water partition coefficient (Wildman–Crippen LogP) is 2.35. The first-order valence-corrected chi connectivity index (χ1v) is 6.89. The number of aliphatic carboxylic acids is 1. The molecule has 5 heteroatoms. The van der Waals surface area contributed by atoms with E-state index >= 15 is 0 Å². The first-order valence-electron chi connectivity index (χ1n) is 6.08. The van der Waals surface area contributed by atoms with Crippen molar-refractivity contribution in [3.8, 4) is 0 Å². The van der Waals surface area contributed by atoms with Crippen LogP contribution in [0.5, 0.6) is 0 Å². The van der Waals surface area contributed by atoms with Crippen molar-refractivity contribution in [1.29, 1.82) is 0 Å². The van der Waals surface area contributed by atoms with Crippen molar-refractivity contribution in [3.05, 3.63) is 21.4 Å². The Kier molecular flexibility index (Phi) is 3.71. The summed E-state index contributed by atoms with van der Waals surface area (Å²) in [5.41, 5.74) is 0.908. The van der Waals surface area contributed by atoms with Gasteiger partial charge in [0.05, 0.1) is 4.88 Å². The van der Waals surface area contributed by atoms with Crippen LogP contribution >= 0.6 is 11.3 Å². The van der Waals surface area contributed by atoms with E-state index in [2.05, 4.69) is 5.32 Å². The second kappa shape index (κ2) is 5.10. The molecule has 1 heterocycles. The Labute approximate surface area is 110 Å². The maximum Gasteiger partial charge on any atom is 0.326 e. The second-order valence-corrected chi connectivity index (χ2v) is 6.17. The molecule has 1 aromatic heterocycles. The molecule has 2 N–H and O–H groups in total. The second-order valence-electron chi connectivity index (χ2n) is 4.91. The van der Waals surface area contributed by atoms with Crippen LogP contribution in [0.4, 0.5) is 0 Å². The van der Waals surface area contributed by atoms with Gasteiger partial charge in [0, 0.05) is 4.88 Å². The number of carboxylic acid groups (broad SMARTS) is 1. The van der Waals surface area contributed by atoms with E-state index in [4.69, 9.17) is 5.11 Å². The van der Waals surface area contributed by atoms with Gasteiger partial charge in [-0.15, -0.1) is 11.3 Å². The van der Waals surface area contributed by atoms with Crippen molar-refractivity contribution in [2.75, 3.05) is 0 Å². The third-order valence-electron chi connectivity index (χ3n) is 3.12. The van der Waals surface area contributed by atoms with Gasteiger partial charge in [0.1, 0.15) is 6.04 Å². The quantitative estimate of drug-likeness (QED) is 0.860. The molecule has 1 atom stereocenters. The number of carbonyl (C=O) groups is 2. The summed E-state index contributed by atoms with van der Waals surface area (Å²) in [5, 5.41) is 11.7. The highest BCUT2D eigenvalue weighted by atomic mass is 32.1. The van der Waals surface area contributed by atoms with Gasteiger partial charge in [-0.2, -0.15) is 0 Å². The third kappa shape index (κ3) is 3.10. The van der Waals surface area contributed by atoms with Crippen molar-refractivity contribution in [1.82, 2.24) is 5.32 Å². The van der Waals surface area contributed by atoms with Crippen molar-refractivity contribution in [2.45, 2.75) is 39.2 Å². The molecule has 0 bridgehead atoms. The van der Waals surface area contributed by atoms with E-state index in [1.807, 2.05) is 19.9 Å². The van der Waals surface area contributed by atoms with Crippen LogP contribution in [0.3, 0.4) is 0 Å². The molecule has 1 amide bonds. The molecule has 1 aromatic rings. The highest BCUT2D eigenvalue weighted by molar-refractivity contribution is 7.14. The smallest absolute Gasteiger partial charge is 0.326 e. The Bertz CT molecular complexity index is 477. The molecule has 4 nitrogen and oxygen atoms in total. The topological polar surface area (TPSA) is 66.4 Å². The summed E-state index contributed by atoms with van der Waals surface area (Å²) in [7, 11) is 0. The molecule has 1 saturated carbocycles. The van der Waals surface area contributed by atoms with Crippen LogP contribution in [-0.4, -0.2) is 23.0 Å². The van der Waals surface area contributed by atoms with Gasteiger partial charge in [-0.3, -0.25) is 4.79 Å². The van der Waals surface area contributed by atoms with Gasteiger partial charge in [0.2, 0.25) is 0 Å². The first-order chi connectivity index (χ1) is 8.47. The fourth-order valence-corrected chi connectivity index (χ4v) is 2.93. The first kappa shape index (κ1) is 13.1. The fourth-order valence-electron chi connectivity index (χ4n) is 2.00. The highest BCUT2D eigenvalue weighted by Gasteiger charge is 2.30. The predicted molar refractivity (Wildman–Crippen MR) is 70.0 cm³/mol. The number of amides is 1. The normalized spacial score (nSPS) is 16.3. The summed E-state index contributed by atoms with van der Waals surface area (Å²) in [4.78, 5) is 24.8. The number of rotatable bonds is 5. The lowest BCUT2D eigenvalue weighted by Crippen LogP contribution is -2.41. The van der Waals surface area contributed by atoms with Crippen molar-refractivity contribution < 1.29 is 14.7 Å². The number of hydrogen-bond donors (Lipinski definition) is 2. The molecule has 2 rings (SSSR count). The lowest BCUT2D eigenvalue weighted by molar-refractivity contribution is -0.139. The number of thiophene rings is 1. The average molecular weight is 267 g/mol. The minimum atomic E-state index is -0.943. The van der Waals surface area contributed by atoms with Gasteiger partial charge in [0.15, 0.2) is 0 Å². The van der Waals surface area contributed by atoms with Gasteiger partial charge < -0.3 is 10.4 Å². The van der Waals surface area contributed by atoms with Crippen LogP contribution in [0.2, 0.25) is 0 Å².